The van der Waals surface area contributed by atoms with Crippen LogP contribution in [0.2, 0.25) is 0 Å². The predicted molar refractivity (Wildman–Crippen MR) is 93.5 cm³/mol. The van der Waals surface area contributed by atoms with E-state index in [2.05, 4.69) is 32.7 Å². The maximum absolute atomic E-state index is 10.8. The molecule has 0 atom stereocenters. The van der Waals surface area contributed by atoms with E-state index in [4.69, 9.17) is 0 Å². The predicted octanol–water partition coefficient (Wildman–Crippen LogP) is 2.81. The van der Waals surface area contributed by atoms with E-state index in [1.54, 1.807) is 0 Å². The summed E-state index contributed by atoms with van der Waals surface area (Å²) in [6.07, 6.45) is 6.12. The second-order valence-corrected chi connectivity index (χ2v) is 4.92. The summed E-state index contributed by atoms with van der Waals surface area (Å²) in [6.45, 7) is 11.3. The third-order valence-corrected chi connectivity index (χ3v) is 2.55. The van der Waals surface area contributed by atoms with Crippen molar-refractivity contribution in [1.29, 1.82) is 0 Å². The van der Waals surface area contributed by atoms with E-state index < -0.39 is 23.5 Å². The van der Waals surface area contributed by atoms with Crippen LogP contribution in [0.3, 0.4) is 0 Å². The van der Waals surface area contributed by atoms with Crippen molar-refractivity contribution in [2.45, 2.75) is 52.4 Å². The quantitative estimate of drug-likeness (QED) is 0.106. The van der Waals surface area contributed by atoms with Crippen LogP contribution in [0.5, 0.6) is 0 Å². The molecule has 0 aromatic carbocycles. The molecule has 0 radical (unpaired) electrons. The Morgan fingerprint density at radius 2 is 1.07 bits per heavy atom. The molecule has 27 heavy (non-hydrogen) atoms. The third kappa shape index (κ3) is 20.6. The van der Waals surface area contributed by atoms with Crippen LogP contribution in [-0.4, -0.2) is 36.7 Å². The van der Waals surface area contributed by atoms with Crippen LogP contribution < -0.4 is 0 Å². The van der Waals surface area contributed by atoms with Gasteiger partial charge in [-0.1, -0.05) is 38.8 Å². The summed E-state index contributed by atoms with van der Waals surface area (Å²) in [5.41, 5.74) is 0. The van der Waals surface area contributed by atoms with Gasteiger partial charge in [-0.25, -0.2) is 9.59 Å². The van der Waals surface area contributed by atoms with Crippen LogP contribution in [0.4, 0.5) is 0 Å². The van der Waals surface area contributed by atoms with Gasteiger partial charge in [0, 0.05) is 34.6 Å². The Labute approximate surface area is 175 Å². The SMILES string of the molecule is C=CCC(=O)C(=O)OOCCCC.C=CCC(=O)C(=O)OOCCCC.[Ti]. The Balaban J connectivity index is -0.000000411. The van der Waals surface area contributed by atoms with Gasteiger partial charge in [-0.05, 0) is 12.8 Å². The van der Waals surface area contributed by atoms with Crippen LogP contribution >= 0.6 is 0 Å². The van der Waals surface area contributed by atoms with Gasteiger partial charge in [0.05, 0.1) is 13.2 Å². The zero-order valence-corrected chi connectivity index (χ0v) is 17.6. The van der Waals surface area contributed by atoms with Crippen molar-refractivity contribution >= 4 is 23.5 Å². The number of hydrogen-bond donors (Lipinski definition) is 0. The molecule has 0 bridgehead atoms. The van der Waals surface area contributed by atoms with Gasteiger partial charge >= 0.3 is 11.9 Å². The van der Waals surface area contributed by atoms with Crippen molar-refractivity contribution < 1.29 is 60.4 Å². The van der Waals surface area contributed by atoms with E-state index in [-0.39, 0.29) is 34.6 Å². The largest absolute Gasteiger partial charge is 0.408 e. The number of rotatable bonds is 14. The van der Waals surface area contributed by atoms with Crippen molar-refractivity contribution in [3.8, 4) is 0 Å². The van der Waals surface area contributed by atoms with Gasteiger partial charge in [-0.15, -0.1) is 13.2 Å². The van der Waals surface area contributed by atoms with Crippen LogP contribution in [0.1, 0.15) is 52.4 Å². The molecule has 152 valence electrons. The molecule has 0 aliphatic rings. The second-order valence-electron chi connectivity index (χ2n) is 4.92. The van der Waals surface area contributed by atoms with Crippen LogP contribution in [0, 0.1) is 0 Å². The van der Waals surface area contributed by atoms with Crippen molar-refractivity contribution in [1.82, 2.24) is 0 Å². The second kappa shape index (κ2) is 22.4. The summed E-state index contributed by atoms with van der Waals surface area (Å²) in [4.78, 5) is 60.5. The Hall–Kier alpha value is -1.61. The number of hydrogen-bond acceptors (Lipinski definition) is 8. The Bertz CT molecular complexity index is 420. The van der Waals surface area contributed by atoms with Gasteiger partial charge in [0.25, 0.3) is 0 Å². The molecule has 0 aliphatic heterocycles. The summed E-state index contributed by atoms with van der Waals surface area (Å²) < 4.78 is 0. The number of allylic oxidation sites excluding steroid dienone is 2. The summed E-state index contributed by atoms with van der Waals surface area (Å²) in [5, 5.41) is 0. The molecule has 0 aromatic heterocycles. The molecule has 8 nitrogen and oxygen atoms in total. The maximum atomic E-state index is 10.8. The zero-order valence-electron chi connectivity index (χ0n) is 16.0. The van der Waals surface area contributed by atoms with Gasteiger partial charge in [-0.3, -0.25) is 19.4 Å². The van der Waals surface area contributed by atoms with Gasteiger partial charge in [0.15, 0.2) is 0 Å². The Kier molecular flexibility index (Phi) is 25.0. The van der Waals surface area contributed by atoms with Crippen LogP contribution in [-0.2, 0) is 60.4 Å². The molecule has 0 rings (SSSR count). The molecule has 0 spiro atoms. The van der Waals surface area contributed by atoms with E-state index in [9.17, 15) is 19.2 Å². The number of carbonyl (C=O) groups excluding carboxylic acids is 4. The average Bonchev–Trinajstić information content (AvgIpc) is 2.63. The molecule has 0 N–H and O–H groups in total. The minimum atomic E-state index is -0.962. The van der Waals surface area contributed by atoms with Crippen molar-refractivity contribution in [2.24, 2.45) is 0 Å². The average molecular weight is 420 g/mol. The van der Waals surface area contributed by atoms with Crippen molar-refractivity contribution in [3.63, 3.8) is 0 Å². The van der Waals surface area contributed by atoms with E-state index in [1.165, 1.54) is 12.2 Å². The summed E-state index contributed by atoms with van der Waals surface area (Å²) in [6, 6.07) is 0. The zero-order chi connectivity index (χ0) is 20.2. The number of ketones is 2. The molecule has 9 heteroatoms. The van der Waals surface area contributed by atoms with E-state index in [0.717, 1.165) is 25.7 Å². The topological polar surface area (TPSA) is 105 Å². The fraction of sp³-hybridized carbons (Fsp3) is 0.556. The first-order valence-electron chi connectivity index (χ1n) is 8.39. The van der Waals surface area contributed by atoms with E-state index in [1.807, 2.05) is 13.8 Å². The van der Waals surface area contributed by atoms with Crippen LogP contribution in [0.15, 0.2) is 25.3 Å². The first kappa shape index (κ1) is 30.1. The number of unbranched alkanes of at least 4 members (excludes halogenated alkanes) is 2. The molecule has 0 fully saturated rings. The normalized spacial score (nSPS) is 8.96. The molecule has 0 heterocycles. The molecule has 0 aromatic rings. The fourth-order valence-corrected chi connectivity index (χ4v) is 1.12. The molecule has 0 unspecified atom stereocenters. The van der Waals surface area contributed by atoms with Crippen molar-refractivity contribution in [3.05, 3.63) is 25.3 Å². The first-order valence-corrected chi connectivity index (χ1v) is 8.39. The van der Waals surface area contributed by atoms with E-state index >= 15 is 0 Å². The Morgan fingerprint density at radius 3 is 1.33 bits per heavy atom. The van der Waals surface area contributed by atoms with Crippen LogP contribution in [0.25, 0.3) is 0 Å². The fourth-order valence-electron chi connectivity index (χ4n) is 1.12. The summed E-state index contributed by atoms with van der Waals surface area (Å²) in [5.74, 6) is -3.22. The van der Waals surface area contributed by atoms with Gasteiger partial charge in [0.2, 0.25) is 11.6 Å². The minimum Gasteiger partial charge on any atom is -0.289 e. The Morgan fingerprint density at radius 1 is 0.741 bits per heavy atom. The third-order valence-electron chi connectivity index (χ3n) is 2.55. The smallest absolute Gasteiger partial charge is 0.289 e. The summed E-state index contributed by atoms with van der Waals surface area (Å²) in [7, 11) is 0. The number of carbonyl (C=O) groups is 4. The maximum Gasteiger partial charge on any atom is 0.408 e. The van der Waals surface area contributed by atoms with Gasteiger partial charge in [0.1, 0.15) is 0 Å². The monoisotopic (exact) mass is 420 g/mol. The molecule has 0 amide bonds. The number of Topliss-reactive ketones (excluding diaryl/α,β-unsaturated/α-hetero) is 2. The molecular formula is C18H28O8Ti. The standard InChI is InChI=1S/2C9H14O4.Ti/c2*1-3-5-7-12-13-9(11)8(10)6-4-2;/h2*4H,2-3,5-7H2,1H3;. The molecular weight excluding hydrogens is 392 g/mol. The molecule has 0 aliphatic carbocycles. The molecule has 0 saturated carbocycles. The van der Waals surface area contributed by atoms with Gasteiger partial charge in [-0.2, -0.15) is 9.78 Å². The minimum absolute atomic E-state index is 0. The van der Waals surface area contributed by atoms with Gasteiger partial charge < -0.3 is 0 Å². The first-order chi connectivity index (χ1) is 12.4. The van der Waals surface area contributed by atoms with E-state index in [0.29, 0.717) is 13.2 Å². The molecule has 0 saturated heterocycles. The van der Waals surface area contributed by atoms with Crippen molar-refractivity contribution in [2.75, 3.05) is 13.2 Å². The summed E-state index contributed by atoms with van der Waals surface area (Å²) >= 11 is 0.